The van der Waals surface area contributed by atoms with Gasteiger partial charge in [-0.2, -0.15) is 4.98 Å². The van der Waals surface area contributed by atoms with E-state index in [1.54, 1.807) is 34.3 Å². The van der Waals surface area contributed by atoms with Gasteiger partial charge in [-0.1, -0.05) is 11.2 Å². The fourth-order valence-electron chi connectivity index (χ4n) is 4.59. The minimum atomic E-state index is -0.407. The zero-order valence-electron chi connectivity index (χ0n) is 21.7. The van der Waals surface area contributed by atoms with Crippen molar-refractivity contribution < 1.29 is 22.9 Å². The normalized spacial score (nSPS) is 15.5. The third-order valence-electron chi connectivity index (χ3n) is 6.64. The van der Waals surface area contributed by atoms with Crippen molar-refractivity contribution in [2.75, 3.05) is 31.1 Å². The second-order valence-corrected chi connectivity index (χ2v) is 9.58. The highest BCUT2D eigenvalue weighted by Gasteiger charge is 2.23. The molecule has 0 unspecified atom stereocenters. The summed E-state index contributed by atoms with van der Waals surface area (Å²) in [5, 5.41) is 3.93. The molecule has 0 radical (unpaired) electrons. The van der Waals surface area contributed by atoms with Gasteiger partial charge in [-0.05, 0) is 56.5 Å². The number of halogens is 1. The highest BCUT2D eigenvalue weighted by molar-refractivity contribution is 5.92. The zero-order valence-corrected chi connectivity index (χ0v) is 21.7. The molecule has 0 fully saturated rings. The first-order valence-electron chi connectivity index (χ1n) is 12.8. The molecule has 1 aliphatic rings. The molecule has 0 N–H and O–H groups in total. The van der Waals surface area contributed by atoms with Crippen molar-refractivity contribution >= 4 is 17.5 Å². The quantitative estimate of drug-likeness (QED) is 0.487. The average Bonchev–Trinajstić information content (AvgIpc) is 3.54. The summed E-state index contributed by atoms with van der Waals surface area (Å²) in [6.07, 6.45) is 3.60. The van der Waals surface area contributed by atoms with Gasteiger partial charge in [0.05, 0.1) is 12.0 Å². The van der Waals surface area contributed by atoms with Gasteiger partial charge in [0.2, 0.25) is 23.5 Å². The molecular formula is C27H34FN5O4. The van der Waals surface area contributed by atoms with Crippen molar-refractivity contribution in [3.63, 3.8) is 0 Å². The van der Waals surface area contributed by atoms with Gasteiger partial charge in [-0.15, -0.1) is 0 Å². The Morgan fingerprint density at radius 3 is 2.70 bits per heavy atom. The molecule has 0 atom stereocenters. The van der Waals surface area contributed by atoms with Crippen molar-refractivity contribution in [3.05, 3.63) is 53.9 Å². The summed E-state index contributed by atoms with van der Waals surface area (Å²) in [7, 11) is 0. The van der Waals surface area contributed by atoms with Crippen molar-refractivity contribution in [3.8, 4) is 11.6 Å². The molecule has 0 bridgehead atoms. The zero-order chi connectivity index (χ0) is 26.4. The number of furan rings is 1. The van der Waals surface area contributed by atoms with E-state index in [0.29, 0.717) is 68.1 Å². The lowest BCUT2D eigenvalue weighted by molar-refractivity contribution is -0.132. The Labute approximate surface area is 216 Å². The molecule has 3 aromatic rings. The van der Waals surface area contributed by atoms with Gasteiger partial charge < -0.3 is 18.7 Å². The number of carbonyl (C=O) groups is 2. The molecule has 0 aliphatic carbocycles. The molecule has 0 spiro atoms. The van der Waals surface area contributed by atoms with E-state index in [2.05, 4.69) is 28.9 Å². The Morgan fingerprint density at radius 2 is 1.97 bits per heavy atom. The summed E-state index contributed by atoms with van der Waals surface area (Å²) in [6, 6.07) is 8.25. The molecule has 37 heavy (non-hydrogen) atoms. The van der Waals surface area contributed by atoms with Gasteiger partial charge in [-0.25, -0.2) is 4.39 Å². The SMILES string of the molecule is CC(=O)N1CCCN(C(C)C)CCN(C(=O)CCCc2nc(-c3ccco3)no2)Cc2ccc(F)cc21. The third-order valence-corrected chi connectivity index (χ3v) is 6.64. The Kier molecular flexibility index (Phi) is 8.70. The van der Waals surface area contributed by atoms with Crippen LogP contribution in [0.1, 0.15) is 51.5 Å². The maximum Gasteiger partial charge on any atom is 0.238 e. The molecule has 9 nitrogen and oxygen atoms in total. The molecule has 198 valence electrons. The van der Waals surface area contributed by atoms with Gasteiger partial charge in [0, 0.05) is 58.5 Å². The van der Waals surface area contributed by atoms with Gasteiger partial charge in [0.25, 0.3) is 0 Å². The number of amides is 2. The van der Waals surface area contributed by atoms with Crippen LogP contribution in [0.15, 0.2) is 45.5 Å². The van der Waals surface area contributed by atoms with Crippen LogP contribution in [0, 0.1) is 5.82 Å². The van der Waals surface area contributed by atoms with E-state index in [-0.39, 0.29) is 11.8 Å². The van der Waals surface area contributed by atoms with Crippen LogP contribution in [0.3, 0.4) is 0 Å². The minimum Gasteiger partial charge on any atom is -0.461 e. The van der Waals surface area contributed by atoms with Crippen molar-refractivity contribution in [1.29, 1.82) is 0 Å². The van der Waals surface area contributed by atoms with Crippen LogP contribution in [0.4, 0.5) is 10.1 Å². The minimum absolute atomic E-state index is 0.0154. The second-order valence-electron chi connectivity index (χ2n) is 9.58. The lowest BCUT2D eigenvalue weighted by atomic mass is 10.1. The predicted molar refractivity (Wildman–Crippen MR) is 136 cm³/mol. The summed E-state index contributed by atoms with van der Waals surface area (Å²) in [4.78, 5) is 35.9. The molecule has 10 heteroatoms. The Bertz CT molecular complexity index is 1190. The van der Waals surface area contributed by atoms with Crippen LogP contribution in [-0.2, 0) is 22.6 Å². The Morgan fingerprint density at radius 1 is 1.14 bits per heavy atom. The number of carbonyl (C=O) groups excluding carboxylic acids is 2. The van der Waals surface area contributed by atoms with Crippen LogP contribution < -0.4 is 4.90 Å². The fourth-order valence-corrected chi connectivity index (χ4v) is 4.59. The van der Waals surface area contributed by atoms with Crippen molar-refractivity contribution in [2.45, 2.75) is 59.0 Å². The lowest BCUT2D eigenvalue weighted by Crippen LogP contribution is -2.41. The van der Waals surface area contributed by atoms with Gasteiger partial charge in [0.15, 0.2) is 5.76 Å². The van der Waals surface area contributed by atoms with E-state index in [0.717, 1.165) is 25.1 Å². The summed E-state index contributed by atoms with van der Waals surface area (Å²) >= 11 is 0. The third kappa shape index (κ3) is 6.82. The number of benzene rings is 1. The standard InChI is InChI=1S/C27H34FN5O4/c1-19(2)31-12-6-13-33(20(3)34)23-17-22(28)11-10-21(23)18-32(15-14-31)26(35)9-4-8-25-29-27(30-37-25)24-7-5-16-36-24/h5,7,10-11,16-17,19H,4,6,8-9,12-15,18H2,1-3H3. The van der Waals surface area contributed by atoms with E-state index in [1.807, 2.05) is 0 Å². The molecule has 0 saturated heterocycles. The molecule has 1 aromatic carbocycles. The van der Waals surface area contributed by atoms with Gasteiger partial charge >= 0.3 is 0 Å². The summed E-state index contributed by atoms with van der Waals surface area (Å²) < 4.78 is 24.8. The molecule has 0 saturated carbocycles. The van der Waals surface area contributed by atoms with E-state index < -0.39 is 5.82 Å². The molecule has 2 aromatic heterocycles. The predicted octanol–water partition coefficient (Wildman–Crippen LogP) is 4.29. The van der Waals surface area contributed by atoms with E-state index in [4.69, 9.17) is 8.94 Å². The van der Waals surface area contributed by atoms with Crippen LogP contribution >= 0.6 is 0 Å². The van der Waals surface area contributed by atoms with E-state index >= 15 is 0 Å². The highest BCUT2D eigenvalue weighted by atomic mass is 19.1. The molecule has 3 heterocycles. The largest absolute Gasteiger partial charge is 0.461 e. The van der Waals surface area contributed by atoms with Crippen LogP contribution in [0.2, 0.25) is 0 Å². The highest BCUT2D eigenvalue weighted by Crippen LogP contribution is 2.26. The number of fused-ring (bicyclic) bond motifs is 1. The molecular weight excluding hydrogens is 477 g/mol. The number of hydrogen-bond donors (Lipinski definition) is 0. The first-order chi connectivity index (χ1) is 17.8. The Balaban J connectivity index is 1.48. The van der Waals surface area contributed by atoms with Crippen molar-refractivity contribution in [2.24, 2.45) is 0 Å². The second kappa shape index (κ2) is 12.1. The number of aromatic nitrogens is 2. The molecule has 4 rings (SSSR count). The van der Waals surface area contributed by atoms with Crippen LogP contribution in [-0.4, -0.2) is 64.0 Å². The van der Waals surface area contributed by atoms with E-state index in [9.17, 15) is 14.0 Å². The topological polar surface area (TPSA) is 95.9 Å². The average molecular weight is 512 g/mol. The number of nitrogens with zero attached hydrogens (tertiary/aromatic N) is 5. The first-order valence-corrected chi connectivity index (χ1v) is 12.8. The number of anilines is 1. The fraction of sp³-hybridized carbons (Fsp3) is 0.481. The number of hydrogen-bond acceptors (Lipinski definition) is 7. The maximum absolute atomic E-state index is 14.2. The Hall–Kier alpha value is -3.53. The molecule has 1 aliphatic heterocycles. The van der Waals surface area contributed by atoms with Gasteiger partial charge in [0.1, 0.15) is 5.82 Å². The van der Waals surface area contributed by atoms with Crippen LogP contribution in [0.5, 0.6) is 0 Å². The smallest absolute Gasteiger partial charge is 0.238 e. The van der Waals surface area contributed by atoms with Crippen LogP contribution in [0.25, 0.3) is 11.6 Å². The number of aryl methyl sites for hydroxylation is 1. The van der Waals surface area contributed by atoms with E-state index in [1.165, 1.54) is 19.1 Å². The maximum atomic E-state index is 14.2. The first kappa shape index (κ1) is 26.5. The summed E-state index contributed by atoms with van der Waals surface area (Å²) in [5.74, 6) is 0.785. The lowest BCUT2D eigenvalue weighted by Gasteiger charge is -2.30. The monoisotopic (exact) mass is 511 g/mol. The number of rotatable bonds is 6. The van der Waals surface area contributed by atoms with Gasteiger partial charge in [-0.3, -0.25) is 14.5 Å². The summed E-state index contributed by atoms with van der Waals surface area (Å²) in [6.45, 7) is 8.57. The molecule has 2 amide bonds. The van der Waals surface area contributed by atoms with Crippen molar-refractivity contribution in [1.82, 2.24) is 19.9 Å². The summed E-state index contributed by atoms with van der Waals surface area (Å²) in [5.41, 5.74) is 1.28.